The highest BCUT2D eigenvalue weighted by Gasteiger charge is 2.14. The van der Waals surface area contributed by atoms with E-state index in [2.05, 4.69) is 5.32 Å². The van der Waals surface area contributed by atoms with E-state index in [0.29, 0.717) is 36.9 Å². The SMILES string of the molecule is COc1ccc(OC)c(NC(=O)CN(C)Cc2ccc3c(c2)OCCO3)c1. The summed E-state index contributed by atoms with van der Waals surface area (Å²) in [5.41, 5.74) is 1.63. The summed E-state index contributed by atoms with van der Waals surface area (Å²) in [5, 5.41) is 2.87. The van der Waals surface area contributed by atoms with Gasteiger partial charge in [0.05, 0.1) is 26.5 Å². The topological polar surface area (TPSA) is 69.3 Å². The number of hydrogen-bond donors (Lipinski definition) is 1. The summed E-state index contributed by atoms with van der Waals surface area (Å²) >= 11 is 0. The van der Waals surface area contributed by atoms with Crippen molar-refractivity contribution in [2.45, 2.75) is 6.54 Å². The molecular weight excluding hydrogens is 348 g/mol. The van der Waals surface area contributed by atoms with E-state index in [1.165, 1.54) is 0 Å². The van der Waals surface area contributed by atoms with Crippen molar-refractivity contribution in [1.29, 1.82) is 0 Å². The highest BCUT2D eigenvalue weighted by atomic mass is 16.6. The van der Waals surface area contributed by atoms with E-state index in [1.54, 1.807) is 32.4 Å². The monoisotopic (exact) mass is 372 g/mol. The molecule has 0 aromatic heterocycles. The highest BCUT2D eigenvalue weighted by molar-refractivity contribution is 5.94. The molecule has 0 saturated heterocycles. The number of methoxy groups -OCH3 is 2. The third-order valence-electron chi connectivity index (χ3n) is 4.15. The fourth-order valence-electron chi connectivity index (χ4n) is 2.90. The van der Waals surface area contributed by atoms with Gasteiger partial charge in [0.2, 0.25) is 5.91 Å². The molecule has 0 aliphatic carbocycles. The molecule has 0 bridgehead atoms. The average molecular weight is 372 g/mol. The first-order valence-electron chi connectivity index (χ1n) is 8.68. The lowest BCUT2D eigenvalue weighted by atomic mass is 10.2. The number of benzene rings is 2. The second-order valence-electron chi connectivity index (χ2n) is 6.26. The van der Waals surface area contributed by atoms with Crippen LogP contribution in [0.2, 0.25) is 0 Å². The predicted octanol–water partition coefficient (Wildman–Crippen LogP) is 2.55. The molecule has 1 aliphatic rings. The van der Waals surface area contributed by atoms with Crippen molar-refractivity contribution in [3.63, 3.8) is 0 Å². The van der Waals surface area contributed by atoms with Crippen LogP contribution in [0.5, 0.6) is 23.0 Å². The third kappa shape index (κ3) is 4.83. The molecule has 0 fully saturated rings. The second kappa shape index (κ2) is 8.64. The van der Waals surface area contributed by atoms with E-state index >= 15 is 0 Å². The van der Waals surface area contributed by atoms with Crippen molar-refractivity contribution in [1.82, 2.24) is 4.90 Å². The molecule has 27 heavy (non-hydrogen) atoms. The quantitative estimate of drug-likeness (QED) is 0.806. The van der Waals surface area contributed by atoms with Gasteiger partial charge in [0.1, 0.15) is 24.7 Å². The number of ether oxygens (including phenoxy) is 4. The normalized spacial score (nSPS) is 12.6. The second-order valence-corrected chi connectivity index (χ2v) is 6.26. The summed E-state index contributed by atoms with van der Waals surface area (Å²) < 4.78 is 21.6. The van der Waals surface area contributed by atoms with E-state index < -0.39 is 0 Å². The smallest absolute Gasteiger partial charge is 0.238 e. The molecule has 1 amide bonds. The van der Waals surface area contributed by atoms with Gasteiger partial charge in [0.15, 0.2) is 11.5 Å². The maximum Gasteiger partial charge on any atom is 0.238 e. The number of nitrogens with one attached hydrogen (secondary N) is 1. The van der Waals surface area contributed by atoms with Gasteiger partial charge in [-0.1, -0.05) is 6.07 Å². The lowest BCUT2D eigenvalue weighted by Gasteiger charge is -2.21. The zero-order valence-electron chi connectivity index (χ0n) is 15.8. The Morgan fingerprint density at radius 1 is 1.07 bits per heavy atom. The summed E-state index contributed by atoms with van der Waals surface area (Å²) in [6.45, 7) is 1.96. The summed E-state index contributed by atoms with van der Waals surface area (Å²) in [6, 6.07) is 11.1. The highest BCUT2D eigenvalue weighted by Crippen LogP contribution is 2.31. The Morgan fingerprint density at radius 2 is 1.85 bits per heavy atom. The molecule has 1 heterocycles. The van der Waals surface area contributed by atoms with Crippen LogP contribution in [0.4, 0.5) is 5.69 Å². The minimum atomic E-state index is -0.137. The summed E-state index contributed by atoms with van der Waals surface area (Å²) in [7, 11) is 5.03. The predicted molar refractivity (Wildman–Crippen MR) is 102 cm³/mol. The Bertz CT molecular complexity index is 809. The van der Waals surface area contributed by atoms with Crippen molar-refractivity contribution < 1.29 is 23.7 Å². The van der Waals surface area contributed by atoms with E-state index in [-0.39, 0.29) is 12.5 Å². The van der Waals surface area contributed by atoms with E-state index in [4.69, 9.17) is 18.9 Å². The average Bonchev–Trinajstić information content (AvgIpc) is 2.67. The summed E-state index contributed by atoms with van der Waals surface area (Å²) in [5.74, 6) is 2.60. The molecular formula is C20H24N2O5. The molecule has 0 saturated carbocycles. The van der Waals surface area contributed by atoms with Crippen LogP contribution in [0, 0.1) is 0 Å². The van der Waals surface area contributed by atoms with Crippen LogP contribution < -0.4 is 24.3 Å². The third-order valence-corrected chi connectivity index (χ3v) is 4.15. The zero-order valence-corrected chi connectivity index (χ0v) is 15.8. The first-order chi connectivity index (χ1) is 13.1. The number of hydrogen-bond acceptors (Lipinski definition) is 6. The summed E-state index contributed by atoms with van der Waals surface area (Å²) in [4.78, 5) is 14.3. The van der Waals surface area contributed by atoms with E-state index in [0.717, 1.165) is 17.1 Å². The Hall–Kier alpha value is -2.93. The van der Waals surface area contributed by atoms with E-state index in [1.807, 2.05) is 30.1 Å². The number of anilines is 1. The number of carbonyl (C=O) groups excluding carboxylic acids is 1. The molecule has 7 heteroatoms. The molecule has 1 aliphatic heterocycles. The van der Waals surface area contributed by atoms with Crippen LogP contribution in [-0.2, 0) is 11.3 Å². The van der Waals surface area contributed by atoms with Gasteiger partial charge in [0, 0.05) is 12.6 Å². The first-order valence-corrected chi connectivity index (χ1v) is 8.68. The molecule has 2 aromatic carbocycles. The lowest BCUT2D eigenvalue weighted by Crippen LogP contribution is -2.30. The van der Waals surface area contributed by atoms with Crippen molar-refractivity contribution in [2.75, 3.05) is 46.3 Å². The molecule has 0 atom stereocenters. The molecule has 1 N–H and O–H groups in total. The number of carbonyl (C=O) groups is 1. The van der Waals surface area contributed by atoms with Gasteiger partial charge in [0.25, 0.3) is 0 Å². The molecule has 2 aromatic rings. The minimum Gasteiger partial charge on any atom is -0.497 e. The summed E-state index contributed by atoms with van der Waals surface area (Å²) in [6.07, 6.45) is 0. The van der Waals surface area contributed by atoms with Gasteiger partial charge < -0.3 is 24.3 Å². The maximum atomic E-state index is 12.4. The minimum absolute atomic E-state index is 0.137. The Labute approximate surface area is 158 Å². The van der Waals surface area contributed by atoms with Crippen molar-refractivity contribution in [2.24, 2.45) is 0 Å². The van der Waals surface area contributed by atoms with Crippen molar-refractivity contribution in [3.05, 3.63) is 42.0 Å². The molecule has 3 rings (SSSR count). The molecule has 144 valence electrons. The van der Waals surface area contributed by atoms with E-state index in [9.17, 15) is 4.79 Å². The fraction of sp³-hybridized carbons (Fsp3) is 0.350. The van der Waals surface area contributed by atoms with Crippen LogP contribution in [0.3, 0.4) is 0 Å². The first kappa shape index (κ1) is 18.8. The van der Waals surface area contributed by atoms with Crippen LogP contribution >= 0.6 is 0 Å². The standard InChI is InChI=1S/C20H24N2O5/c1-22(12-14-4-6-18-19(10-14)27-9-8-26-18)13-20(23)21-16-11-15(24-2)5-7-17(16)25-3/h4-7,10-11H,8-9,12-13H2,1-3H3,(H,21,23). The number of nitrogens with zero attached hydrogens (tertiary/aromatic N) is 1. The van der Waals surface area contributed by atoms with Gasteiger partial charge in [-0.15, -0.1) is 0 Å². The van der Waals surface area contributed by atoms with Gasteiger partial charge in [-0.25, -0.2) is 0 Å². The zero-order chi connectivity index (χ0) is 19.2. The number of rotatable bonds is 7. The van der Waals surface area contributed by atoms with Crippen molar-refractivity contribution >= 4 is 11.6 Å². The van der Waals surface area contributed by atoms with Gasteiger partial charge in [-0.05, 0) is 36.9 Å². The Kier molecular flexibility index (Phi) is 6.03. The molecule has 0 radical (unpaired) electrons. The van der Waals surface area contributed by atoms with Gasteiger partial charge in [-0.2, -0.15) is 0 Å². The number of fused-ring (bicyclic) bond motifs is 1. The van der Waals surface area contributed by atoms with Crippen LogP contribution in [0.15, 0.2) is 36.4 Å². The maximum absolute atomic E-state index is 12.4. The number of likely N-dealkylation sites (N-methyl/N-ethyl adjacent to an activating group) is 1. The van der Waals surface area contributed by atoms with Gasteiger partial charge >= 0.3 is 0 Å². The largest absolute Gasteiger partial charge is 0.497 e. The molecule has 0 spiro atoms. The van der Waals surface area contributed by atoms with Crippen LogP contribution in [0.1, 0.15) is 5.56 Å². The fourth-order valence-corrected chi connectivity index (χ4v) is 2.90. The Morgan fingerprint density at radius 3 is 2.59 bits per heavy atom. The van der Waals surface area contributed by atoms with Gasteiger partial charge in [-0.3, -0.25) is 9.69 Å². The molecule has 0 unspecified atom stereocenters. The van der Waals surface area contributed by atoms with Crippen LogP contribution in [-0.4, -0.2) is 51.8 Å². The number of amides is 1. The molecule has 7 nitrogen and oxygen atoms in total. The Balaban J connectivity index is 1.59. The lowest BCUT2D eigenvalue weighted by molar-refractivity contribution is -0.117. The van der Waals surface area contributed by atoms with Crippen LogP contribution in [0.25, 0.3) is 0 Å². The van der Waals surface area contributed by atoms with Crippen molar-refractivity contribution in [3.8, 4) is 23.0 Å².